The first-order valence-corrected chi connectivity index (χ1v) is 7.55. The van der Waals surface area contributed by atoms with Gasteiger partial charge in [0.1, 0.15) is 0 Å². The molecule has 1 rings (SSSR count). The third-order valence-electron chi connectivity index (χ3n) is 3.47. The molecule has 1 heterocycles. The van der Waals surface area contributed by atoms with E-state index in [1.807, 2.05) is 17.9 Å². The molecule has 0 spiro atoms. The summed E-state index contributed by atoms with van der Waals surface area (Å²) in [5, 5.41) is 7.81. The second-order valence-electron chi connectivity index (χ2n) is 5.90. The van der Waals surface area contributed by atoms with E-state index in [0.29, 0.717) is 12.6 Å². The Bertz CT molecular complexity index is 385. The lowest BCUT2D eigenvalue weighted by molar-refractivity contribution is 0.182. The van der Waals surface area contributed by atoms with Crippen LogP contribution >= 0.6 is 15.9 Å². The maximum absolute atomic E-state index is 5.12. The summed E-state index contributed by atoms with van der Waals surface area (Å²) in [5.41, 5.74) is 1.51. The van der Waals surface area contributed by atoms with E-state index in [4.69, 9.17) is 4.74 Å². The summed E-state index contributed by atoms with van der Waals surface area (Å²) in [6.45, 7) is 8.30. The summed E-state index contributed by atoms with van der Waals surface area (Å²) in [5.74, 6) is 0. The number of nitrogens with one attached hydrogen (secondary N) is 1. The van der Waals surface area contributed by atoms with Crippen LogP contribution in [0.2, 0.25) is 0 Å². The van der Waals surface area contributed by atoms with E-state index >= 15 is 0 Å². The number of hydrogen-bond donors (Lipinski definition) is 1. The molecule has 5 heteroatoms. The summed E-state index contributed by atoms with van der Waals surface area (Å²) in [7, 11) is 3.75. The molecule has 110 valence electrons. The molecule has 0 aliphatic rings. The van der Waals surface area contributed by atoms with E-state index in [9.17, 15) is 0 Å². The predicted molar refractivity (Wildman–Crippen MR) is 82.4 cm³/mol. The van der Waals surface area contributed by atoms with Gasteiger partial charge < -0.3 is 10.1 Å². The Balaban J connectivity index is 2.68. The van der Waals surface area contributed by atoms with Gasteiger partial charge in [0, 0.05) is 13.2 Å². The van der Waals surface area contributed by atoms with Gasteiger partial charge in [-0.25, -0.2) is 0 Å². The molecule has 0 saturated heterocycles. The maximum Gasteiger partial charge on any atom is 0.0658 e. The van der Waals surface area contributed by atoms with Crippen molar-refractivity contribution in [2.45, 2.75) is 46.2 Å². The molecule has 4 nitrogen and oxygen atoms in total. The highest BCUT2D eigenvalue weighted by atomic mass is 79.9. The number of nitrogens with zero attached hydrogens (tertiary/aromatic N) is 2. The molecule has 0 amide bonds. The van der Waals surface area contributed by atoms with E-state index in [-0.39, 0.29) is 5.41 Å². The van der Waals surface area contributed by atoms with Crippen molar-refractivity contribution in [1.82, 2.24) is 15.1 Å². The molecule has 1 N–H and O–H groups in total. The van der Waals surface area contributed by atoms with Gasteiger partial charge in [-0.2, -0.15) is 5.10 Å². The molecule has 1 unspecified atom stereocenters. The summed E-state index contributed by atoms with van der Waals surface area (Å²) >= 11 is 3.59. The van der Waals surface area contributed by atoms with Crippen LogP contribution in [0, 0.1) is 5.41 Å². The number of methoxy groups -OCH3 is 1. The molecule has 0 aliphatic heterocycles. The second-order valence-corrected chi connectivity index (χ2v) is 6.76. The zero-order valence-corrected chi connectivity index (χ0v) is 14.2. The highest BCUT2D eigenvalue weighted by Crippen LogP contribution is 2.25. The standard InChI is InChI=1S/C14H26BrN3O/c1-14(2,3)13(16-4)7-6-12-11(15)10-17-18(12)8-9-19-5/h10,13,16H,6-9H2,1-5H3. The molecule has 0 fully saturated rings. The number of ether oxygens (including phenoxy) is 1. The van der Waals surface area contributed by atoms with E-state index < -0.39 is 0 Å². The Kier molecular flexibility index (Phi) is 6.50. The van der Waals surface area contributed by atoms with Gasteiger partial charge in [0.2, 0.25) is 0 Å². The van der Waals surface area contributed by atoms with Crippen molar-refractivity contribution in [2.24, 2.45) is 5.41 Å². The minimum Gasteiger partial charge on any atom is -0.383 e. The van der Waals surface area contributed by atoms with E-state index in [2.05, 4.69) is 47.1 Å². The third-order valence-corrected chi connectivity index (χ3v) is 4.13. The lowest BCUT2D eigenvalue weighted by atomic mass is 9.84. The molecule has 0 aromatic carbocycles. The van der Waals surface area contributed by atoms with Gasteiger partial charge in [0.05, 0.1) is 29.5 Å². The average Bonchev–Trinajstić information content (AvgIpc) is 2.67. The van der Waals surface area contributed by atoms with Gasteiger partial charge in [-0.3, -0.25) is 4.68 Å². The van der Waals surface area contributed by atoms with Gasteiger partial charge in [-0.15, -0.1) is 0 Å². The maximum atomic E-state index is 5.12. The number of hydrogen-bond acceptors (Lipinski definition) is 3. The largest absolute Gasteiger partial charge is 0.383 e. The highest BCUT2D eigenvalue weighted by molar-refractivity contribution is 9.10. The molecule has 19 heavy (non-hydrogen) atoms. The fourth-order valence-electron chi connectivity index (χ4n) is 2.30. The zero-order valence-electron chi connectivity index (χ0n) is 12.7. The molecular formula is C14H26BrN3O. The van der Waals surface area contributed by atoms with E-state index in [1.165, 1.54) is 5.69 Å². The molecule has 0 aliphatic carbocycles. The van der Waals surface area contributed by atoms with Crippen molar-refractivity contribution in [3.05, 3.63) is 16.4 Å². The fourth-order valence-corrected chi connectivity index (χ4v) is 2.79. The van der Waals surface area contributed by atoms with Crippen molar-refractivity contribution >= 4 is 15.9 Å². The topological polar surface area (TPSA) is 39.1 Å². The third kappa shape index (κ3) is 4.89. The first-order chi connectivity index (χ1) is 8.90. The second kappa shape index (κ2) is 7.41. The average molecular weight is 332 g/mol. The number of rotatable bonds is 7. The monoisotopic (exact) mass is 331 g/mol. The fraction of sp³-hybridized carbons (Fsp3) is 0.786. The molecular weight excluding hydrogens is 306 g/mol. The Morgan fingerprint density at radius 3 is 2.68 bits per heavy atom. The summed E-state index contributed by atoms with van der Waals surface area (Å²) < 4.78 is 8.24. The van der Waals surface area contributed by atoms with Crippen LogP contribution in [0.1, 0.15) is 32.9 Å². The van der Waals surface area contributed by atoms with Gasteiger partial charge in [0.15, 0.2) is 0 Å². The van der Waals surface area contributed by atoms with Crippen molar-refractivity contribution in [1.29, 1.82) is 0 Å². The van der Waals surface area contributed by atoms with Gasteiger partial charge in [-0.05, 0) is 41.2 Å². The van der Waals surface area contributed by atoms with Crippen LogP contribution in [-0.2, 0) is 17.7 Å². The van der Waals surface area contributed by atoms with Crippen LogP contribution in [0.5, 0.6) is 0 Å². The molecule has 0 bridgehead atoms. The van der Waals surface area contributed by atoms with Crippen molar-refractivity contribution in [3.63, 3.8) is 0 Å². The molecule has 0 saturated carbocycles. The zero-order chi connectivity index (χ0) is 14.5. The van der Waals surface area contributed by atoms with Crippen LogP contribution in [0.4, 0.5) is 0 Å². The summed E-state index contributed by atoms with van der Waals surface area (Å²) in [6.07, 6.45) is 3.97. The van der Waals surface area contributed by atoms with Crippen LogP contribution < -0.4 is 5.32 Å². The lowest BCUT2D eigenvalue weighted by Crippen LogP contribution is -2.38. The van der Waals surface area contributed by atoms with Crippen LogP contribution in [0.3, 0.4) is 0 Å². The Morgan fingerprint density at radius 1 is 1.47 bits per heavy atom. The molecule has 1 aromatic heterocycles. The quantitative estimate of drug-likeness (QED) is 0.835. The van der Waals surface area contributed by atoms with Crippen molar-refractivity contribution in [2.75, 3.05) is 20.8 Å². The van der Waals surface area contributed by atoms with Crippen LogP contribution in [-0.4, -0.2) is 36.6 Å². The smallest absolute Gasteiger partial charge is 0.0658 e. The van der Waals surface area contributed by atoms with Gasteiger partial charge in [-0.1, -0.05) is 20.8 Å². The highest BCUT2D eigenvalue weighted by Gasteiger charge is 2.23. The molecule has 1 aromatic rings. The minimum absolute atomic E-state index is 0.263. The Morgan fingerprint density at radius 2 is 2.16 bits per heavy atom. The summed E-state index contributed by atoms with van der Waals surface area (Å²) in [6, 6.07) is 0.491. The number of aromatic nitrogens is 2. The van der Waals surface area contributed by atoms with Crippen LogP contribution in [0.15, 0.2) is 10.7 Å². The van der Waals surface area contributed by atoms with Crippen molar-refractivity contribution < 1.29 is 4.74 Å². The Labute approximate surface area is 125 Å². The first-order valence-electron chi connectivity index (χ1n) is 6.76. The predicted octanol–water partition coefficient (Wildman–Crippen LogP) is 2.86. The van der Waals surface area contributed by atoms with Crippen LogP contribution in [0.25, 0.3) is 0 Å². The molecule has 1 atom stereocenters. The SMILES string of the molecule is CNC(CCc1c(Br)cnn1CCOC)C(C)(C)C. The minimum atomic E-state index is 0.263. The van der Waals surface area contributed by atoms with Gasteiger partial charge in [0.25, 0.3) is 0 Å². The lowest BCUT2D eigenvalue weighted by Gasteiger charge is -2.30. The normalized spacial score (nSPS) is 13.8. The van der Waals surface area contributed by atoms with Crippen molar-refractivity contribution in [3.8, 4) is 0 Å². The number of halogens is 1. The Hall–Kier alpha value is -0.390. The van der Waals surface area contributed by atoms with E-state index in [0.717, 1.165) is 23.9 Å². The van der Waals surface area contributed by atoms with Gasteiger partial charge >= 0.3 is 0 Å². The molecule has 0 radical (unpaired) electrons. The first kappa shape index (κ1) is 16.7. The van der Waals surface area contributed by atoms with E-state index in [1.54, 1.807) is 7.11 Å². The summed E-state index contributed by atoms with van der Waals surface area (Å²) in [4.78, 5) is 0.